The molecule has 0 radical (unpaired) electrons. The van der Waals surface area contributed by atoms with E-state index in [1.807, 2.05) is 42.2 Å². The van der Waals surface area contributed by atoms with Crippen molar-refractivity contribution in [3.63, 3.8) is 0 Å². The number of anilines is 1. The number of benzene rings is 3. The lowest BCUT2D eigenvalue weighted by molar-refractivity contribution is 0.404. The molecule has 5 rings (SSSR count). The van der Waals surface area contributed by atoms with Crippen LogP contribution >= 0.6 is 12.2 Å². The number of nitrogens with zero attached hydrogens (tertiary/aromatic N) is 3. The molecule has 7 heteroatoms. The third-order valence-electron chi connectivity index (χ3n) is 5.82. The van der Waals surface area contributed by atoms with Crippen LogP contribution in [0.25, 0.3) is 17.0 Å². The van der Waals surface area contributed by atoms with Gasteiger partial charge in [0.2, 0.25) is 5.82 Å². The van der Waals surface area contributed by atoms with E-state index in [9.17, 15) is 4.39 Å². The molecule has 5 nitrogen and oxygen atoms in total. The number of halogens is 1. The van der Waals surface area contributed by atoms with E-state index in [4.69, 9.17) is 16.7 Å². The summed E-state index contributed by atoms with van der Waals surface area (Å²) in [4.78, 5) is 6.64. The molecule has 1 aliphatic rings. The van der Waals surface area contributed by atoms with Gasteiger partial charge in [-0.1, -0.05) is 53.7 Å². The number of nitrogens with one attached hydrogen (secondary N) is 1. The number of aromatic nitrogens is 2. The minimum Gasteiger partial charge on any atom is -0.351 e. The lowest BCUT2D eigenvalue weighted by atomic mass is 9.94. The van der Waals surface area contributed by atoms with Gasteiger partial charge >= 0.3 is 0 Å². The van der Waals surface area contributed by atoms with Gasteiger partial charge in [0.15, 0.2) is 5.11 Å². The summed E-state index contributed by atoms with van der Waals surface area (Å²) in [6, 6.07) is 22.2. The minimum atomic E-state index is -0.355. The zero-order chi connectivity index (χ0) is 23.8. The molecule has 1 aliphatic heterocycles. The van der Waals surface area contributed by atoms with Crippen LogP contribution in [0.3, 0.4) is 0 Å². The number of hydrogen-bond donors (Lipinski definition) is 1. The van der Waals surface area contributed by atoms with Crippen LogP contribution in [0, 0.1) is 19.7 Å². The van der Waals surface area contributed by atoms with Crippen molar-refractivity contribution in [1.82, 2.24) is 15.5 Å². The van der Waals surface area contributed by atoms with Gasteiger partial charge in [0.25, 0.3) is 5.89 Å². The van der Waals surface area contributed by atoms with E-state index in [1.165, 1.54) is 12.1 Å². The minimum absolute atomic E-state index is 0.281. The topological polar surface area (TPSA) is 54.2 Å². The second-order valence-electron chi connectivity index (χ2n) is 8.41. The summed E-state index contributed by atoms with van der Waals surface area (Å²) in [5.74, 6) is 0.329. The fourth-order valence-corrected chi connectivity index (χ4v) is 4.74. The first-order valence-electron chi connectivity index (χ1n) is 11.0. The van der Waals surface area contributed by atoms with Crippen molar-refractivity contribution in [2.45, 2.75) is 26.8 Å². The molecule has 0 saturated carbocycles. The van der Waals surface area contributed by atoms with Crippen molar-refractivity contribution in [1.29, 1.82) is 0 Å². The van der Waals surface area contributed by atoms with Crippen molar-refractivity contribution in [2.24, 2.45) is 0 Å². The highest BCUT2D eigenvalue weighted by Crippen LogP contribution is 2.39. The largest absolute Gasteiger partial charge is 0.351 e. The highest BCUT2D eigenvalue weighted by molar-refractivity contribution is 7.80. The summed E-state index contributed by atoms with van der Waals surface area (Å²) in [6.07, 6.45) is 0. The highest BCUT2D eigenvalue weighted by Gasteiger charge is 2.34. The van der Waals surface area contributed by atoms with Crippen LogP contribution in [0.4, 0.5) is 10.1 Å². The quantitative estimate of drug-likeness (QED) is 0.350. The summed E-state index contributed by atoms with van der Waals surface area (Å²) in [5, 5.41) is 8.20. The second-order valence-corrected chi connectivity index (χ2v) is 8.79. The average Bonchev–Trinajstić information content (AvgIpc) is 3.28. The third kappa shape index (κ3) is 4.10. The van der Waals surface area contributed by atoms with Crippen molar-refractivity contribution in [3.8, 4) is 11.4 Å². The Bertz CT molecular complexity index is 1390. The van der Waals surface area contributed by atoms with Crippen LogP contribution in [-0.2, 0) is 0 Å². The number of allylic oxidation sites excluding steroid dienone is 1. The van der Waals surface area contributed by atoms with Gasteiger partial charge < -0.3 is 9.84 Å². The standard InChI is InChI=1S/C27H23FN4OS/c1-16-12-17(2)14-22(13-16)32-18(3)23(24(29-27(32)34)19-8-5-4-6-9-19)26-30-25(31-33-26)20-10-7-11-21(28)15-20/h4-15,24H,1-3H3,(H,29,34). The zero-order valence-electron chi connectivity index (χ0n) is 19.0. The molecule has 0 spiro atoms. The predicted molar refractivity (Wildman–Crippen MR) is 136 cm³/mol. The summed E-state index contributed by atoms with van der Waals surface area (Å²) >= 11 is 5.82. The van der Waals surface area contributed by atoms with E-state index >= 15 is 0 Å². The van der Waals surface area contributed by atoms with Gasteiger partial charge in [0.05, 0.1) is 11.6 Å². The molecule has 1 N–H and O–H groups in total. The van der Waals surface area contributed by atoms with Gasteiger partial charge in [-0.3, -0.25) is 4.90 Å². The molecule has 0 fully saturated rings. The lowest BCUT2D eigenvalue weighted by Crippen LogP contribution is -2.46. The van der Waals surface area contributed by atoms with E-state index in [2.05, 4.69) is 47.5 Å². The molecular formula is C27H23FN4OS. The number of aryl methyl sites for hydroxylation is 2. The predicted octanol–water partition coefficient (Wildman–Crippen LogP) is 6.36. The molecule has 0 bridgehead atoms. The molecule has 1 unspecified atom stereocenters. The molecule has 4 aromatic rings. The fraction of sp³-hybridized carbons (Fsp3) is 0.148. The molecule has 0 saturated heterocycles. The maximum Gasteiger partial charge on any atom is 0.258 e. The number of hydrogen-bond acceptors (Lipinski definition) is 4. The second kappa shape index (κ2) is 8.83. The molecule has 34 heavy (non-hydrogen) atoms. The fourth-order valence-electron chi connectivity index (χ4n) is 4.38. The lowest BCUT2D eigenvalue weighted by Gasteiger charge is -2.37. The van der Waals surface area contributed by atoms with Crippen molar-refractivity contribution in [2.75, 3.05) is 4.90 Å². The van der Waals surface area contributed by atoms with Crippen LogP contribution in [0.2, 0.25) is 0 Å². The van der Waals surface area contributed by atoms with E-state index < -0.39 is 0 Å². The Balaban J connectivity index is 1.67. The van der Waals surface area contributed by atoms with Gasteiger partial charge in [0, 0.05) is 16.9 Å². The monoisotopic (exact) mass is 470 g/mol. The Hall–Kier alpha value is -3.84. The smallest absolute Gasteiger partial charge is 0.258 e. The highest BCUT2D eigenvalue weighted by atomic mass is 32.1. The van der Waals surface area contributed by atoms with Crippen molar-refractivity contribution in [3.05, 3.63) is 107 Å². The SMILES string of the molecule is CC1=C(c2nc(-c3cccc(F)c3)no2)C(c2ccccc2)NC(=S)N1c1cc(C)cc(C)c1. The van der Waals surface area contributed by atoms with Crippen LogP contribution in [0.1, 0.15) is 35.5 Å². The molecule has 3 aromatic carbocycles. The summed E-state index contributed by atoms with van der Waals surface area (Å²) in [5.41, 5.74) is 6.51. The molecule has 1 aromatic heterocycles. The number of thiocarbonyl (C=S) groups is 1. The Kier molecular flexibility index (Phi) is 5.71. The first-order valence-corrected chi connectivity index (χ1v) is 11.4. The Morgan fingerprint density at radius 2 is 1.68 bits per heavy atom. The van der Waals surface area contributed by atoms with Crippen LogP contribution in [0.5, 0.6) is 0 Å². The normalized spacial score (nSPS) is 16.1. The van der Waals surface area contributed by atoms with E-state index in [0.29, 0.717) is 22.4 Å². The molecular weight excluding hydrogens is 447 g/mol. The van der Waals surface area contributed by atoms with Gasteiger partial charge in [-0.25, -0.2) is 4.39 Å². The molecule has 0 amide bonds. The molecule has 1 atom stereocenters. The Morgan fingerprint density at radius 3 is 2.38 bits per heavy atom. The third-order valence-corrected chi connectivity index (χ3v) is 6.12. The summed E-state index contributed by atoms with van der Waals surface area (Å²) in [6.45, 7) is 6.13. The maximum atomic E-state index is 13.8. The Morgan fingerprint density at radius 1 is 0.941 bits per heavy atom. The van der Waals surface area contributed by atoms with E-state index in [-0.39, 0.29) is 11.9 Å². The molecule has 0 aliphatic carbocycles. The van der Waals surface area contributed by atoms with Crippen LogP contribution in [0.15, 0.2) is 83.0 Å². The van der Waals surface area contributed by atoms with Crippen molar-refractivity contribution < 1.29 is 8.91 Å². The molecule has 2 heterocycles. The Labute approximate surface area is 202 Å². The molecule has 170 valence electrons. The first-order chi connectivity index (χ1) is 16.4. The van der Waals surface area contributed by atoms with Gasteiger partial charge in [-0.2, -0.15) is 4.98 Å². The van der Waals surface area contributed by atoms with E-state index in [0.717, 1.165) is 33.6 Å². The summed E-state index contributed by atoms with van der Waals surface area (Å²) < 4.78 is 19.5. The van der Waals surface area contributed by atoms with Crippen LogP contribution < -0.4 is 10.2 Å². The van der Waals surface area contributed by atoms with Crippen molar-refractivity contribution >= 4 is 28.6 Å². The average molecular weight is 471 g/mol. The van der Waals surface area contributed by atoms with Gasteiger partial charge in [-0.15, -0.1) is 0 Å². The first kappa shape index (κ1) is 22.0. The van der Waals surface area contributed by atoms with E-state index in [1.54, 1.807) is 12.1 Å². The zero-order valence-corrected chi connectivity index (χ0v) is 19.9. The van der Waals surface area contributed by atoms with Crippen LogP contribution in [-0.4, -0.2) is 15.3 Å². The van der Waals surface area contributed by atoms with Gasteiger partial charge in [-0.05, 0) is 73.9 Å². The number of rotatable bonds is 4. The maximum absolute atomic E-state index is 13.8. The van der Waals surface area contributed by atoms with Gasteiger partial charge in [0.1, 0.15) is 5.82 Å². The summed E-state index contributed by atoms with van der Waals surface area (Å²) in [7, 11) is 0.